The van der Waals surface area contributed by atoms with Gasteiger partial charge in [0, 0.05) is 24.0 Å². The van der Waals surface area contributed by atoms with Crippen molar-refractivity contribution in [3.05, 3.63) is 81.4 Å². The maximum absolute atomic E-state index is 13.2. The Kier molecular flexibility index (Phi) is 6.09. The van der Waals surface area contributed by atoms with Crippen molar-refractivity contribution in [2.45, 2.75) is 39.2 Å². The summed E-state index contributed by atoms with van der Waals surface area (Å²) in [5.41, 5.74) is 8.12. The summed E-state index contributed by atoms with van der Waals surface area (Å²) in [5.74, 6) is 1.12. The molecule has 1 aliphatic carbocycles. The largest absolute Gasteiger partial charge is 0.496 e. The number of hydrogen-bond donors (Lipinski definition) is 1. The molecule has 0 saturated carbocycles. The number of benzene rings is 2. The van der Waals surface area contributed by atoms with E-state index < -0.39 is 5.92 Å². The van der Waals surface area contributed by atoms with Gasteiger partial charge < -0.3 is 19.9 Å². The molecule has 33 heavy (non-hydrogen) atoms. The number of rotatable bonds is 5. The van der Waals surface area contributed by atoms with E-state index in [0.29, 0.717) is 40.7 Å². The number of halogens is 1. The molecule has 0 aromatic heterocycles. The van der Waals surface area contributed by atoms with E-state index in [4.69, 9.17) is 31.5 Å². The minimum absolute atomic E-state index is 0.0313. The van der Waals surface area contributed by atoms with Crippen molar-refractivity contribution in [3.8, 4) is 17.6 Å². The van der Waals surface area contributed by atoms with Gasteiger partial charge in [0.2, 0.25) is 5.88 Å². The smallest absolute Gasteiger partial charge is 0.205 e. The van der Waals surface area contributed by atoms with Gasteiger partial charge in [-0.25, -0.2) is 0 Å². The van der Waals surface area contributed by atoms with Crippen molar-refractivity contribution in [1.82, 2.24) is 0 Å². The highest BCUT2D eigenvalue weighted by Crippen LogP contribution is 2.48. The van der Waals surface area contributed by atoms with Crippen molar-refractivity contribution in [2.24, 2.45) is 11.1 Å². The quantitative estimate of drug-likeness (QED) is 0.638. The van der Waals surface area contributed by atoms with E-state index in [1.807, 2.05) is 38.1 Å². The average Bonchev–Trinajstić information content (AvgIpc) is 2.76. The molecule has 0 fully saturated rings. The Morgan fingerprint density at radius 1 is 1.21 bits per heavy atom. The first-order valence-electron chi connectivity index (χ1n) is 10.6. The Balaban J connectivity index is 1.76. The van der Waals surface area contributed by atoms with E-state index in [0.717, 1.165) is 11.1 Å². The van der Waals surface area contributed by atoms with Gasteiger partial charge in [-0.1, -0.05) is 43.6 Å². The van der Waals surface area contributed by atoms with Crippen molar-refractivity contribution in [3.63, 3.8) is 0 Å². The fraction of sp³-hybridized carbons (Fsp3) is 0.308. The number of nitrogens with zero attached hydrogens (tertiary/aromatic N) is 1. The number of para-hydroxylation sites is 1. The van der Waals surface area contributed by atoms with Crippen LogP contribution in [0.3, 0.4) is 0 Å². The normalized spacial score (nSPS) is 19.5. The molecule has 170 valence electrons. The van der Waals surface area contributed by atoms with Gasteiger partial charge >= 0.3 is 0 Å². The van der Waals surface area contributed by atoms with Gasteiger partial charge in [-0.15, -0.1) is 0 Å². The zero-order chi connectivity index (χ0) is 23.8. The van der Waals surface area contributed by atoms with Gasteiger partial charge in [-0.2, -0.15) is 5.26 Å². The fourth-order valence-electron chi connectivity index (χ4n) is 4.43. The van der Waals surface area contributed by atoms with E-state index >= 15 is 0 Å². The topological polar surface area (TPSA) is 94.6 Å². The van der Waals surface area contributed by atoms with Crippen LogP contribution in [0.1, 0.15) is 43.7 Å². The number of hydrogen-bond acceptors (Lipinski definition) is 6. The molecule has 0 bridgehead atoms. The molecule has 0 unspecified atom stereocenters. The second-order valence-electron chi connectivity index (χ2n) is 8.99. The number of nitrogens with two attached hydrogens (primary N) is 1. The van der Waals surface area contributed by atoms with Crippen molar-refractivity contribution >= 4 is 17.4 Å². The van der Waals surface area contributed by atoms with Gasteiger partial charge in [0.05, 0.1) is 18.1 Å². The lowest BCUT2D eigenvalue weighted by Crippen LogP contribution is -2.33. The molecule has 1 atom stereocenters. The number of ether oxygens (including phenoxy) is 3. The summed E-state index contributed by atoms with van der Waals surface area (Å²) in [6, 6.07) is 14.9. The Bertz CT molecular complexity index is 1220. The zero-order valence-corrected chi connectivity index (χ0v) is 19.5. The minimum atomic E-state index is -0.604. The predicted octanol–water partition coefficient (Wildman–Crippen LogP) is 5.38. The van der Waals surface area contributed by atoms with Crippen LogP contribution >= 0.6 is 11.6 Å². The summed E-state index contributed by atoms with van der Waals surface area (Å²) in [4.78, 5) is 13.2. The first kappa shape index (κ1) is 22.8. The third-order valence-electron chi connectivity index (χ3n) is 5.93. The zero-order valence-electron chi connectivity index (χ0n) is 18.8. The van der Waals surface area contributed by atoms with Gasteiger partial charge in [-0.05, 0) is 35.2 Å². The Hall–Kier alpha value is -3.43. The average molecular weight is 465 g/mol. The van der Waals surface area contributed by atoms with Crippen molar-refractivity contribution in [1.29, 1.82) is 5.26 Å². The molecule has 0 saturated heterocycles. The fourth-order valence-corrected chi connectivity index (χ4v) is 4.62. The summed E-state index contributed by atoms with van der Waals surface area (Å²) < 4.78 is 17.2. The lowest BCUT2D eigenvalue weighted by molar-refractivity contribution is -0.119. The number of nitriles is 1. The number of methoxy groups -OCH3 is 1. The molecule has 2 N–H and O–H groups in total. The van der Waals surface area contributed by atoms with Gasteiger partial charge in [0.1, 0.15) is 35.5 Å². The third-order valence-corrected chi connectivity index (χ3v) is 6.25. The molecular weight excluding hydrogens is 440 g/mol. The van der Waals surface area contributed by atoms with Gasteiger partial charge in [0.25, 0.3) is 0 Å². The van der Waals surface area contributed by atoms with Crippen LogP contribution in [0, 0.1) is 16.7 Å². The van der Waals surface area contributed by atoms with Crippen LogP contribution in [0.4, 0.5) is 0 Å². The highest BCUT2D eigenvalue weighted by molar-refractivity contribution is 6.32. The predicted molar refractivity (Wildman–Crippen MR) is 124 cm³/mol. The van der Waals surface area contributed by atoms with E-state index in [-0.39, 0.29) is 29.3 Å². The van der Waals surface area contributed by atoms with E-state index in [1.54, 1.807) is 25.3 Å². The lowest BCUT2D eigenvalue weighted by Gasteiger charge is -2.37. The Labute approximate surface area is 198 Å². The maximum Gasteiger partial charge on any atom is 0.205 e. The molecule has 0 radical (unpaired) electrons. The summed E-state index contributed by atoms with van der Waals surface area (Å²) in [5, 5.41) is 10.4. The van der Waals surface area contributed by atoms with Gasteiger partial charge in [-0.3, -0.25) is 4.79 Å². The second kappa shape index (κ2) is 8.84. The molecule has 4 rings (SSSR count). The van der Waals surface area contributed by atoms with Crippen LogP contribution in [0.2, 0.25) is 5.02 Å². The standard InChI is InChI=1S/C26H25ClN2O4/c1-26(2)11-19(30)24-22(12-26)33-25(29)17(13-28)23(24)15-8-9-20(31-3)16(10-15)14-32-21-7-5-4-6-18(21)27/h4-10,23H,11-12,14,29H2,1-3H3/t23-/m1/s1. The molecule has 2 aliphatic rings. The monoisotopic (exact) mass is 464 g/mol. The number of carbonyl (C=O) groups is 1. The van der Waals surface area contributed by atoms with E-state index in [1.165, 1.54) is 0 Å². The molecule has 0 amide bonds. The Morgan fingerprint density at radius 2 is 1.97 bits per heavy atom. The molecule has 2 aromatic rings. The van der Waals surface area contributed by atoms with Crippen LogP contribution in [0.25, 0.3) is 0 Å². The number of ketones is 1. The first-order valence-corrected chi connectivity index (χ1v) is 11.0. The number of Topliss-reactive ketones (excluding diaryl/α,β-unsaturated/α-hetero) is 1. The van der Waals surface area contributed by atoms with E-state index in [9.17, 15) is 10.1 Å². The molecule has 2 aromatic carbocycles. The second-order valence-corrected chi connectivity index (χ2v) is 9.40. The lowest BCUT2D eigenvalue weighted by atomic mass is 9.70. The summed E-state index contributed by atoms with van der Waals surface area (Å²) in [6.45, 7) is 4.23. The van der Waals surface area contributed by atoms with Crippen LogP contribution < -0.4 is 15.2 Å². The third kappa shape index (κ3) is 4.42. The van der Waals surface area contributed by atoms with Crippen LogP contribution in [-0.2, 0) is 16.1 Å². The maximum atomic E-state index is 13.2. The molecule has 1 aliphatic heterocycles. The molecule has 6 nitrogen and oxygen atoms in total. The number of carbonyl (C=O) groups excluding carboxylic acids is 1. The number of allylic oxidation sites excluding steroid dienone is 3. The molecule has 7 heteroatoms. The Morgan fingerprint density at radius 3 is 2.67 bits per heavy atom. The molecule has 0 spiro atoms. The summed E-state index contributed by atoms with van der Waals surface area (Å²) in [7, 11) is 1.58. The van der Waals surface area contributed by atoms with Crippen LogP contribution in [0.5, 0.6) is 11.5 Å². The van der Waals surface area contributed by atoms with Crippen LogP contribution in [-0.4, -0.2) is 12.9 Å². The molecule has 1 heterocycles. The van der Waals surface area contributed by atoms with Crippen LogP contribution in [0.15, 0.2) is 65.3 Å². The molecular formula is C26H25ClN2O4. The van der Waals surface area contributed by atoms with Crippen molar-refractivity contribution < 1.29 is 19.0 Å². The SMILES string of the molecule is COc1ccc([C@@H]2C(C#N)=C(N)OC3=C2C(=O)CC(C)(C)C3)cc1COc1ccccc1Cl. The summed E-state index contributed by atoms with van der Waals surface area (Å²) in [6.07, 6.45) is 0.950. The minimum Gasteiger partial charge on any atom is -0.496 e. The van der Waals surface area contributed by atoms with Crippen molar-refractivity contribution in [2.75, 3.05) is 7.11 Å². The van der Waals surface area contributed by atoms with E-state index in [2.05, 4.69) is 6.07 Å². The van der Waals surface area contributed by atoms with Gasteiger partial charge in [0.15, 0.2) is 5.78 Å². The highest BCUT2D eigenvalue weighted by Gasteiger charge is 2.43. The highest BCUT2D eigenvalue weighted by atomic mass is 35.5. The first-order chi connectivity index (χ1) is 15.7. The summed E-state index contributed by atoms with van der Waals surface area (Å²) >= 11 is 6.22.